The molecule has 1 aromatic heterocycles. The van der Waals surface area contributed by atoms with Crippen molar-refractivity contribution in [2.45, 2.75) is 32.5 Å². The number of hydrogen-bond acceptors (Lipinski definition) is 4. The van der Waals surface area contributed by atoms with Crippen LogP contribution in [0.5, 0.6) is 0 Å². The summed E-state index contributed by atoms with van der Waals surface area (Å²) in [5, 5.41) is 11.7. The minimum absolute atomic E-state index is 0.0978. The van der Waals surface area contributed by atoms with Gasteiger partial charge in [-0.2, -0.15) is 0 Å². The second-order valence-corrected chi connectivity index (χ2v) is 3.96. The van der Waals surface area contributed by atoms with E-state index in [1.807, 2.05) is 13.8 Å². The molecular formula is C10H18N4O2. The molecule has 90 valence electrons. The molecule has 1 heterocycles. The van der Waals surface area contributed by atoms with Gasteiger partial charge in [0, 0.05) is 12.2 Å². The van der Waals surface area contributed by atoms with Gasteiger partial charge in [-0.3, -0.25) is 4.79 Å². The lowest BCUT2D eigenvalue weighted by Crippen LogP contribution is -2.34. The number of carbonyl (C=O) groups excluding carboxylic acids is 1. The molecule has 0 radical (unpaired) electrons. The van der Waals surface area contributed by atoms with Crippen LogP contribution in [-0.2, 0) is 11.3 Å². The van der Waals surface area contributed by atoms with Gasteiger partial charge in [0.2, 0.25) is 5.91 Å². The molecule has 6 nitrogen and oxygen atoms in total. The maximum absolute atomic E-state index is 11.5. The highest BCUT2D eigenvalue weighted by Gasteiger charge is 2.12. The number of hydrogen-bond donors (Lipinski definition) is 3. The van der Waals surface area contributed by atoms with Gasteiger partial charge in [-0.1, -0.05) is 0 Å². The van der Waals surface area contributed by atoms with Crippen LogP contribution in [0.4, 0.5) is 0 Å². The van der Waals surface area contributed by atoms with Crippen LogP contribution in [0.15, 0.2) is 12.5 Å². The first-order chi connectivity index (χ1) is 7.54. The number of nitrogens with zero attached hydrogens (tertiary/aromatic N) is 2. The second kappa shape index (κ2) is 5.62. The molecule has 4 N–H and O–H groups in total. The average molecular weight is 226 g/mol. The molecule has 0 aliphatic rings. The van der Waals surface area contributed by atoms with Crippen molar-refractivity contribution in [3.63, 3.8) is 0 Å². The Kier molecular flexibility index (Phi) is 4.45. The summed E-state index contributed by atoms with van der Waals surface area (Å²) in [6.07, 6.45) is 3.09. The molecule has 0 aliphatic carbocycles. The van der Waals surface area contributed by atoms with E-state index in [0.29, 0.717) is 5.69 Å². The van der Waals surface area contributed by atoms with Crippen LogP contribution in [0.25, 0.3) is 0 Å². The van der Waals surface area contributed by atoms with Crippen LogP contribution in [0.1, 0.15) is 25.6 Å². The van der Waals surface area contributed by atoms with Crippen LogP contribution in [0.2, 0.25) is 0 Å². The number of carbonyl (C=O) groups is 1. The summed E-state index contributed by atoms with van der Waals surface area (Å²) in [5.74, 6) is -0.0978. The summed E-state index contributed by atoms with van der Waals surface area (Å²) in [7, 11) is 0. The van der Waals surface area contributed by atoms with Crippen LogP contribution < -0.4 is 11.1 Å². The van der Waals surface area contributed by atoms with E-state index in [0.717, 1.165) is 0 Å². The molecule has 0 aliphatic heterocycles. The number of imidazole rings is 1. The zero-order valence-electron chi connectivity index (χ0n) is 9.55. The zero-order chi connectivity index (χ0) is 12.1. The Hall–Kier alpha value is -1.40. The van der Waals surface area contributed by atoms with E-state index < -0.39 is 6.04 Å². The minimum Gasteiger partial charge on any atom is -0.394 e. The largest absolute Gasteiger partial charge is 0.394 e. The van der Waals surface area contributed by atoms with Gasteiger partial charge in [-0.15, -0.1) is 0 Å². The standard InChI is InChI=1S/C10H18N4O2/c1-7(2)13-10(16)4-14-6-12-3-9(14)8(11)5-15/h3,6-8,15H,4-5,11H2,1-2H3,(H,13,16). The SMILES string of the molecule is CC(C)NC(=O)Cn1cncc1C(N)CO. The van der Waals surface area contributed by atoms with E-state index in [9.17, 15) is 4.79 Å². The van der Waals surface area contributed by atoms with Crippen molar-refractivity contribution in [2.24, 2.45) is 5.73 Å². The molecule has 0 fully saturated rings. The van der Waals surface area contributed by atoms with Crippen molar-refractivity contribution in [1.82, 2.24) is 14.9 Å². The van der Waals surface area contributed by atoms with E-state index in [1.54, 1.807) is 10.8 Å². The molecule has 16 heavy (non-hydrogen) atoms. The lowest BCUT2D eigenvalue weighted by Gasteiger charge is -2.13. The van der Waals surface area contributed by atoms with Gasteiger partial charge in [0.1, 0.15) is 6.54 Å². The highest BCUT2D eigenvalue weighted by Crippen LogP contribution is 2.08. The summed E-state index contributed by atoms with van der Waals surface area (Å²) < 4.78 is 1.64. The van der Waals surface area contributed by atoms with Gasteiger partial charge in [0.15, 0.2) is 0 Å². The topological polar surface area (TPSA) is 93.2 Å². The summed E-state index contributed by atoms with van der Waals surface area (Å²) in [6.45, 7) is 3.79. The Bertz CT molecular complexity index is 348. The van der Waals surface area contributed by atoms with E-state index in [2.05, 4.69) is 10.3 Å². The third kappa shape index (κ3) is 3.32. The third-order valence-electron chi connectivity index (χ3n) is 2.08. The molecule has 1 rings (SSSR count). The predicted molar refractivity (Wildman–Crippen MR) is 59.5 cm³/mol. The lowest BCUT2D eigenvalue weighted by atomic mass is 10.2. The Morgan fingerprint density at radius 1 is 1.69 bits per heavy atom. The Morgan fingerprint density at radius 2 is 2.38 bits per heavy atom. The first-order valence-corrected chi connectivity index (χ1v) is 5.20. The maximum atomic E-state index is 11.5. The fourth-order valence-electron chi connectivity index (χ4n) is 1.39. The molecule has 0 spiro atoms. The van der Waals surface area contributed by atoms with Crippen LogP contribution >= 0.6 is 0 Å². The van der Waals surface area contributed by atoms with Gasteiger partial charge in [-0.25, -0.2) is 4.98 Å². The van der Waals surface area contributed by atoms with Crippen molar-refractivity contribution in [1.29, 1.82) is 0 Å². The minimum atomic E-state index is -0.505. The van der Waals surface area contributed by atoms with Crippen molar-refractivity contribution < 1.29 is 9.90 Å². The summed E-state index contributed by atoms with van der Waals surface area (Å²) in [4.78, 5) is 15.4. The smallest absolute Gasteiger partial charge is 0.240 e. The van der Waals surface area contributed by atoms with Gasteiger partial charge < -0.3 is 20.7 Å². The summed E-state index contributed by atoms with van der Waals surface area (Å²) in [6, 6.07) is -0.402. The fourth-order valence-corrected chi connectivity index (χ4v) is 1.39. The molecule has 0 saturated heterocycles. The number of aliphatic hydroxyl groups is 1. The van der Waals surface area contributed by atoms with Crippen LogP contribution in [0, 0.1) is 0 Å². The van der Waals surface area contributed by atoms with E-state index in [-0.39, 0.29) is 25.1 Å². The predicted octanol–water partition coefficient (Wildman–Crippen LogP) is -0.600. The van der Waals surface area contributed by atoms with Crippen molar-refractivity contribution in [2.75, 3.05) is 6.61 Å². The van der Waals surface area contributed by atoms with E-state index in [4.69, 9.17) is 10.8 Å². The van der Waals surface area contributed by atoms with Gasteiger partial charge in [0.25, 0.3) is 0 Å². The summed E-state index contributed by atoms with van der Waals surface area (Å²) in [5.41, 5.74) is 6.33. The molecule has 0 saturated carbocycles. The van der Waals surface area contributed by atoms with Crippen molar-refractivity contribution >= 4 is 5.91 Å². The van der Waals surface area contributed by atoms with Gasteiger partial charge in [-0.05, 0) is 13.8 Å². The number of nitrogens with one attached hydrogen (secondary N) is 1. The maximum Gasteiger partial charge on any atom is 0.240 e. The Labute approximate surface area is 94.5 Å². The highest BCUT2D eigenvalue weighted by molar-refractivity contribution is 5.76. The second-order valence-electron chi connectivity index (χ2n) is 3.96. The number of nitrogens with two attached hydrogens (primary N) is 1. The molecule has 1 aromatic rings. The van der Waals surface area contributed by atoms with Crippen molar-refractivity contribution in [3.05, 3.63) is 18.2 Å². The molecule has 0 aromatic carbocycles. The zero-order valence-corrected chi connectivity index (χ0v) is 9.55. The molecular weight excluding hydrogens is 208 g/mol. The molecule has 6 heteroatoms. The highest BCUT2D eigenvalue weighted by atomic mass is 16.3. The first-order valence-electron chi connectivity index (χ1n) is 5.20. The average Bonchev–Trinajstić information content (AvgIpc) is 2.63. The van der Waals surface area contributed by atoms with Gasteiger partial charge >= 0.3 is 0 Å². The normalized spacial score (nSPS) is 12.8. The fraction of sp³-hybridized carbons (Fsp3) is 0.600. The third-order valence-corrected chi connectivity index (χ3v) is 2.08. The van der Waals surface area contributed by atoms with Crippen molar-refractivity contribution in [3.8, 4) is 0 Å². The number of amides is 1. The Balaban J connectivity index is 2.67. The lowest BCUT2D eigenvalue weighted by molar-refractivity contribution is -0.122. The van der Waals surface area contributed by atoms with Crippen LogP contribution in [-0.4, -0.2) is 33.2 Å². The molecule has 1 amide bonds. The van der Waals surface area contributed by atoms with Crippen LogP contribution in [0.3, 0.4) is 0 Å². The Morgan fingerprint density at radius 3 is 2.94 bits per heavy atom. The molecule has 0 bridgehead atoms. The first kappa shape index (κ1) is 12.7. The number of aliphatic hydroxyl groups excluding tert-OH is 1. The monoisotopic (exact) mass is 226 g/mol. The molecule has 1 unspecified atom stereocenters. The van der Waals surface area contributed by atoms with E-state index >= 15 is 0 Å². The number of rotatable bonds is 5. The van der Waals surface area contributed by atoms with E-state index in [1.165, 1.54) is 6.33 Å². The summed E-state index contributed by atoms with van der Waals surface area (Å²) >= 11 is 0. The number of aromatic nitrogens is 2. The van der Waals surface area contributed by atoms with Gasteiger partial charge in [0.05, 0.1) is 24.7 Å². The molecule has 1 atom stereocenters. The quantitative estimate of drug-likeness (QED) is 0.625.